The van der Waals surface area contributed by atoms with E-state index >= 15 is 0 Å². The molecule has 13 rings (SSSR count). The third-order valence-electron chi connectivity index (χ3n) is 10.1. The first-order valence-electron chi connectivity index (χ1n) is 35.1. The molecule has 2 fully saturated rings. The molecule has 1 amide bonds. The van der Waals surface area contributed by atoms with Crippen molar-refractivity contribution in [2.45, 2.75) is 261 Å². The fourth-order valence-electron chi connectivity index (χ4n) is 6.57. The van der Waals surface area contributed by atoms with Gasteiger partial charge in [0.1, 0.15) is 6.26 Å². The Morgan fingerprint density at radius 3 is 1.20 bits per heavy atom. The number of rotatable bonds is 0. The first kappa shape index (κ1) is 102. The van der Waals surface area contributed by atoms with E-state index in [2.05, 4.69) is 100 Å². The highest BCUT2D eigenvalue weighted by molar-refractivity contribution is 7.07. The van der Waals surface area contributed by atoms with Gasteiger partial charge in [-0.15, -0.1) is 11.3 Å². The van der Waals surface area contributed by atoms with Crippen LogP contribution in [-0.4, -0.2) is 49.0 Å². The second-order valence-electron chi connectivity index (χ2n) is 15.4. The monoisotopic (exact) mass is 1270 g/mol. The molecule has 5 aromatic heterocycles. The largest absolute Gasteiger partial charge is 0.501 e. The number of fused-ring (bicyclic) bond motifs is 2. The Kier molecular flexibility index (Phi) is 125. The zero-order valence-corrected chi connectivity index (χ0v) is 62.7. The first-order valence-corrected chi connectivity index (χ1v) is 36.0. The molecule has 2 N–H and O–H groups in total. The number of nitrogens with one attached hydrogen (secondary N) is 2. The summed E-state index contributed by atoms with van der Waals surface area (Å²) >= 11 is 1.60. The van der Waals surface area contributed by atoms with E-state index in [1.807, 2.05) is 218 Å². The number of pyridine rings is 1. The molecule has 10 nitrogen and oxygen atoms in total. The van der Waals surface area contributed by atoms with Gasteiger partial charge in [-0.2, -0.15) is 0 Å². The number of hydrogen-bond donors (Lipinski definition) is 2. The summed E-state index contributed by atoms with van der Waals surface area (Å²) in [5.41, 5.74) is 7.65. The number of oxazole rings is 1. The second-order valence-corrected chi connectivity index (χ2v) is 16.2. The van der Waals surface area contributed by atoms with Crippen molar-refractivity contribution in [1.82, 2.24) is 35.2 Å². The van der Waals surface area contributed by atoms with Gasteiger partial charge in [-0.1, -0.05) is 282 Å². The van der Waals surface area contributed by atoms with E-state index in [0.717, 1.165) is 38.8 Å². The van der Waals surface area contributed by atoms with E-state index < -0.39 is 0 Å². The number of thiazole rings is 1. The van der Waals surface area contributed by atoms with Crippen LogP contribution < -0.4 is 5.32 Å². The van der Waals surface area contributed by atoms with Gasteiger partial charge >= 0.3 is 0 Å². The summed E-state index contributed by atoms with van der Waals surface area (Å²) in [5, 5.41) is 4.61. The molecular weight excluding hydrogens is 1130 g/mol. The number of aromatic nitrogens is 6. The molecule has 1 saturated carbocycles. The predicted molar refractivity (Wildman–Crippen MR) is 405 cm³/mol. The Morgan fingerprint density at radius 2 is 0.922 bits per heavy atom. The molecule has 0 radical (unpaired) electrons. The van der Waals surface area contributed by atoms with Gasteiger partial charge in [0.05, 0.1) is 24.6 Å². The summed E-state index contributed by atoms with van der Waals surface area (Å²) in [6.07, 6.45) is 53.3. The lowest BCUT2D eigenvalue weighted by molar-refractivity contribution is -0.119. The number of H-pyrrole nitrogens is 1. The molecule has 0 spiro atoms. The van der Waals surface area contributed by atoms with E-state index in [1.54, 1.807) is 78.2 Å². The van der Waals surface area contributed by atoms with E-state index in [1.165, 1.54) is 113 Å². The van der Waals surface area contributed by atoms with Crippen LogP contribution in [-0.2, 0) is 28.8 Å². The fourth-order valence-corrected chi connectivity index (χ4v) is 6.92. The summed E-state index contributed by atoms with van der Waals surface area (Å²) in [7, 11) is 0. The number of benzene rings is 2. The maximum absolute atomic E-state index is 10.1. The molecule has 0 atom stereocenters. The van der Waals surface area contributed by atoms with Crippen LogP contribution in [0.1, 0.15) is 265 Å². The number of aryl methyl sites for hydroxylation is 2. The van der Waals surface area contributed by atoms with Crippen LogP contribution in [0.2, 0.25) is 0 Å². The minimum absolute atomic E-state index is 0.204. The SMILES string of the molecule is C1=CCCC1.C1=COCC1.C1=Cc2ccccc2C1.C1CCCCC1.CC.CC.CC.CC.CC.CC.CC.CC.CC.CC.CC.O=C1CCCN1.c1cc2c([nH]1)CCCC2.c1ccccc1.c1ccncc1.c1cnccn1.c1cocn1.c1cscn1. The van der Waals surface area contributed by atoms with E-state index in [4.69, 9.17) is 4.74 Å². The minimum Gasteiger partial charge on any atom is -0.501 e. The molecule has 7 heterocycles. The quantitative estimate of drug-likeness (QED) is 0.144. The molecule has 0 bridgehead atoms. The number of nitrogens with zero attached hydrogens (tertiary/aromatic N) is 5. The van der Waals surface area contributed by atoms with Crippen LogP contribution in [0, 0.1) is 0 Å². The molecule has 1 saturated heterocycles. The summed E-state index contributed by atoms with van der Waals surface area (Å²) in [4.78, 5) is 31.9. The van der Waals surface area contributed by atoms with Crippen molar-refractivity contribution in [3.63, 3.8) is 0 Å². The van der Waals surface area contributed by atoms with Crippen molar-refractivity contribution >= 4 is 23.3 Å². The van der Waals surface area contributed by atoms with Gasteiger partial charge in [0.2, 0.25) is 5.91 Å². The average molecular weight is 1270 g/mol. The molecule has 514 valence electrons. The number of carbonyl (C=O) groups is 1. The van der Waals surface area contributed by atoms with Gasteiger partial charge in [0, 0.05) is 80.0 Å². The summed E-state index contributed by atoms with van der Waals surface area (Å²) < 4.78 is 9.24. The number of allylic oxidation sites excluding steroid dienone is 3. The number of amides is 1. The van der Waals surface area contributed by atoms with E-state index in [-0.39, 0.29) is 5.91 Å². The van der Waals surface area contributed by atoms with Crippen LogP contribution in [0.3, 0.4) is 0 Å². The Hall–Kier alpha value is -6.72. The Bertz CT molecular complexity index is 1880. The summed E-state index contributed by atoms with van der Waals surface area (Å²) in [6, 6.07) is 28.4. The van der Waals surface area contributed by atoms with Crippen LogP contribution in [0.5, 0.6) is 0 Å². The molecule has 11 heteroatoms. The van der Waals surface area contributed by atoms with E-state index in [9.17, 15) is 4.79 Å². The highest BCUT2D eigenvalue weighted by Gasteiger charge is 2.08. The number of carbonyl (C=O) groups excluding carboxylic acids is 1. The second kappa shape index (κ2) is 110. The normalized spacial score (nSPS) is 11.6. The Morgan fingerprint density at radius 1 is 0.422 bits per heavy atom. The van der Waals surface area contributed by atoms with Gasteiger partial charge in [0.15, 0.2) is 6.39 Å². The zero-order chi connectivity index (χ0) is 69.7. The molecular formula is C79H139N7O3S. The van der Waals surface area contributed by atoms with Crippen molar-refractivity contribution in [2.75, 3.05) is 13.2 Å². The van der Waals surface area contributed by atoms with Crippen molar-refractivity contribution in [2.24, 2.45) is 0 Å². The third-order valence-corrected chi connectivity index (χ3v) is 10.6. The highest BCUT2D eigenvalue weighted by atomic mass is 32.1. The Labute approximate surface area is 561 Å². The van der Waals surface area contributed by atoms with Gasteiger partial charge < -0.3 is 19.5 Å². The van der Waals surface area contributed by atoms with Crippen molar-refractivity contribution in [1.29, 1.82) is 0 Å². The molecule has 90 heavy (non-hydrogen) atoms. The maximum Gasteiger partial charge on any atom is 0.220 e. The van der Waals surface area contributed by atoms with Gasteiger partial charge in [-0.25, -0.2) is 4.98 Å². The van der Waals surface area contributed by atoms with Crippen molar-refractivity contribution in [3.05, 3.63) is 217 Å². The summed E-state index contributed by atoms with van der Waals surface area (Å²) in [6.45, 7) is 45.8. The van der Waals surface area contributed by atoms with Crippen molar-refractivity contribution < 1.29 is 13.9 Å². The fraction of sp³-hybridized carbons (Fsp3) is 0.519. The lowest BCUT2D eigenvalue weighted by Gasteiger charge is -2.08. The van der Waals surface area contributed by atoms with Crippen molar-refractivity contribution in [3.8, 4) is 0 Å². The van der Waals surface area contributed by atoms with Crippen LogP contribution in [0.4, 0.5) is 0 Å². The van der Waals surface area contributed by atoms with Gasteiger partial charge in [-0.05, 0) is 98.8 Å². The average Bonchev–Trinajstić information content (AvgIpc) is 4.55. The highest BCUT2D eigenvalue weighted by Crippen LogP contribution is 2.19. The number of aromatic amines is 1. The zero-order valence-electron chi connectivity index (χ0n) is 61.9. The smallest absolute Gasteiger partial charge is 0.220 e. The van der Waals surface area contributed by atoms with Crippen LogP contribution in [0.25, 0.3) is 6.08 Å². The molecule has 2 aliphatic heterocycles. The van der Waals surface area contributed by atoms with E-state index in [0.29, 0.717) is 0 Å². The molecule has 7 aromatic rings. The predicted octanol–water partition coefficient (Wildman–Crippen LogP) is 25.4. The standard InChI is InChI=1S/C9H8.C8H11N.C6H12.C6H6.C5H5N.C5H8.C4H4N2.C4H7NO.C4H6O.C3H3NO.C3H3NS.11C2H6/c1-2-5-9-7-3-6-8(9)4-1;1-2-4-8-7(3-1)5-6-9-8;3*1-2-4-6-5-3-1;1-2-4-5-3-1;1-2-6-4-3-5-1;6-4-2-1-3-5-4;1-2-4-5-3-1;2*1-2-5-3-4-1;11*1-2/h1-6H,7H2;5-6,9H,1-4H2;1-6H2;1-6H;1-5H;1-2H,3-5H2;1-4H;1-3H2,(H,5,6);1,3H,2,4H2;2*1-3H;11*1-2H3. The first-order chi connectivity index (χ1) is 44.8. The maximum atomic E-state index is 10.1. The molecule has 4 aliphatic carbocycles. The minimum atomic E-state index is 0.204. The third kappa shape index (κ3) is 85.5. The molecule has 0 unspecified atom stereocenters. The van der Waals surface area contributed by atoms with Crippen LogP contribution in [0.15, 0.2) is 199 Å². The lowest BCUT2D eigenvalue weighted by atomic mass is 9.98. The molecule has 2 aromatic carbocycles. The number of ether oxygens (including phenoxy) is 1. The topological polar surface area (TPSA) is 132 Å². The molecule has 6 aliphatic rings. The Balaban J connectivity index is -0.000000112. The summed E-state index contributed by atoms with van der Waals surface area (Å²) in [5.74, 6) is 0.204. The lowest BCUT2D eigenvalue weighted by Crippen LogP contribution is -2.12. The number of hydrogen-bond acceptors (Lipinski definition) is 9. The van der Waals surface area contributed by atoms with Gasteiger partial charge in [-0.3, -0.25) is 24.7 Å². The van der Waals surface area contributed by atoms with Crippen LogP contribution >= 0.6 is 11.3 Å². The van der Waals surface area contributed by atoms with Gasteiger partial charge in [0.25, 0.3) is 0 Å².